The Balaban J connectivity index is 1.12. The van der Waals surface area contributed by atoms with Crippen molar-refractivity contribution in [2.24, 2.45) is 0 Å². The van der Waals surface area contributed by atoms with Crippen LogP contribution in [-0.4, -0.2) is 18.3 Å². The first kappa shape index (κ1) is 31.4. The molecule has 0 unspecified atom stereocenters. The summed E-state index contributed by atoms with van der Waals surface area (Å²) in [5, 5.41) is 10.00. The molecule has 0 fully saturated rings. The van der Waals surface area contributed by atoms with Gasteiger partial charge >= 0.3 is 0 Å². The fourth-order valence-electron chi connectivity index (χ4n) is 9.97. The van der Waals surface area contributed by atoms with Gasteiger partial charge in [-0.25, -0.2) is 0 Å². The molecular weight excluding hydrogens is 705 g/mol. The Labute approximate surface area is 333 Å². The van der Waals surface area contributed by atoms with E-state index in [1.54, 1.807) is 0 Å². The SMILES string of the molecule is c1ccc(-n2c3ccccc3c3cc4c5ccccc5n(-c5cccc(-n6c7ccccc7c7ccc8c(c9ccccc9n8-c8ccccc8)c76)c5)c4cc32)cc1. The summed E-state index contributed by atoms with van der Waals surface area (Å²) >= 11 is 0. The second-order valence-corrected chi connectivity index (χ2v) is 15.3. The van der Waals surface area contributed by atoms with Gasteiger partial charge in [0.2, 0.25) is 0 Å². The van der Waals surface area contributed by atoms with Gasteiger partial charge in [0.25, 0.3) is 0 Å². The highest BCUT2D eigenvalue weighted by Gasteiger charge is 2.22. The second-order valence-electron chi connectivity index (χ2n) is 15.3. The summed E-state index contributed by atoms with van der Waals surface area (Å²) in [6, 6.07) is 75.4. The monoisotopic (exact) mass is 738 g/mol. The lowest BCUT2D eigenvalue weighted by Gasteiger charge is -2.14. The van der Waals surface area contributed by atoms with Crippen LogP contribution in [-0.2, 0) is 0 Å². The standard InChI is InChI=1S/C54H34N4/c1-3-16-35(17-4-1)55-49-29-14-10-25-43(49)53-50(55)31-30-42-39-22-7-13-28-48(39)58(54(42)53)38-21-15-20-37(32-38)57-47-27-12-9-24-41(47)45-33-44-40-23-8-11-26-46(40)56(51(44)34-52(45)57)36-18-5-2-6-19-36/h1-34H. The highest BCUT2D eigenvalue weighted by molar-refractivity contribution is 6.26. The molecule has 13 rings (SSSR count). The van der Waals surface area contributed by atoms with Gasteiger partial charge in [-0.15, -0.1) is 0 Å². The number of para-hydroxylation sites is 6. The number of fused-ring (bicyclic) bond motifs is 13. The molecule has 0 aliphatic heterocycles. The summed E-state index contributed by atoms with van der Waals surface area (Å²) < 4.78 is 9.79. The Morgan fingerprint density at radius 1 is 0.207 bits per heavy atom. The van der Waals surface area contributed by atoms with E-state index in [1.165, 1.54) is 87.2 Å². The summed E-state index contributed by atoms with van der Waals surface area (Å²) in [5.74, 6) is 0. The minimum atomic E-state index is 1.12. The topological polar surface area (TPSA) is 19.7 Å². The van der Waals surface area contributed by atoms with Gasteiger partial charge in [-0.2, -0.15) is 0 Å². The third-order valence-electron chi connectivity index (χ3n) is 12.3. The molecule has 4 heterocycles. The van der Waals surface area contributed by atoms with Gasteiger partial charge < -0.3 is 18.3 Å². The van der Waals surface area contributed by atoms with Crippen LogP contribution in [0.5, 0.6) is 0 Å². The van der Waals surface area contributed by atoms with Gasteiger partial charge in [-0.1, -0.05) is 121 Å². The molecule has 0 N–H and O–H groups in total. The maximum atomic E-state index is 2.50. The highest BCUT2D eigenvalue weighted by atomic mass is 15.0. The van der Waals surface area contributed by atoms with Crippen molar-refractivity contribution < 1.29 is 0 Å². The van der Waals surface area contributed by atoms with Crippen molar-refractivity contribution in [2.45, 2.75) is 0 Å². The first-order valence-corrected chi connectivity index (χ1v) is 20.0. The minimum absolute atomic E-state index is 1.12. The predicted octanol–water partition coefficient (Wildman–Crippen LogP) is 14.1. The molecule has 13 aromatic rings. The first-order chi connectivity index (χ1) is 28.8. The Morgan fingerprint density at radius 2 is 0.621 bits per heavy atom. The summed E-state index contributed by atoms with van der Waals surface area (Å²) in [7, 11) is 0. The Hall–Kier alpha value is -7.82. The lowest BCUT2D eigenvalue weighted by Crippen LogP contribution is -1.99. The summed E-state index contributed by atoms with van der Waals surface area (Å²) in [4.78, 5) is 0. The number of rotatable bonds is 4. The molecule has 0 atom stereocenters. The van der Waals surface area contributed by atoms with Gasteiger partial charge in [-0.05, 0) is 84.9 Å². The first-order valence-electron chi connectivity index (χ1n) is 20.0. The van der Waals surface area contributed by atoms with Crippen LogP contribution in [0.4, 0.5) is 0 Å². The van der Waals surface area contributed by atoms with Gasteiger partial charge in [0.05, 0.1) is 44.1 Å². The normalized spacial score (nSPS) is 12.1. The minimum Gasteiger partial charge on any atom is -0.309 e. The van der Waals surface area contributed by atoms with Gasteiger partial charge in [0.15, 0.2) is 0 Å². The third-order valence-corrected chi connectivity index (χ3v) is 12.3. The zero-order valence-corrected chi connectivity index (χ0v) is 31.4. The number of nitrogens with zero attached hydrogens (tertiary/aromatic N) is 4. The van der Waals surface area contributed by atoms with E-state index in [0.717, 1.165) is 22.7 Å². The van der Waals surface area contributed by atoms with E-state index in [2.05, 4.69) is 225 Å². The molecule has 0 aliphatic rings. The number of hydrogen-bond donors (Lipinski definition) is 0. The number of hydrogen-bond acceptors (Lipinski definition) is 0. The fraction of sp³-hybridized carbons (Fsp3) is 0. The van der Waals surface area contributed by atoms with E-state index in [4.69, 9.17) is 0 Å². The van der Waals surface area contributed by atoms with Crippen LogP contribution in [0, 0.1) is 0 Å². The molecule has 0 saturated carbocycles. The van der Waals surface area contributed by atoms with Crippen LogP contribution in [0.1, 0.15) is 0 Å². The van der Waals surface area contributed by atoms with E-state index in [1.807, 2.05) is 0 Å². The number of benzene rings is 9. The van der Waals surface area contributed by atoms with Crippen molar-refractivity contribution in [3.63, 3.8) is 0 Å². The van der Waals surface area contributed by atoms with E-state index in [0.29, 0.717) is 0 Å². The fourth-order valence-corrected chi connectivity index (χ4v) is 9.97. The predicted molar refractivity (Wildman–Crippen MR) is 244 cm³/mol. The van der Waals surface area contributed by atoms with E-state index in [-0.39, 0.29) is 0 Å². The van der Waals surface area contributed by atoms with Crippen LogP contribution >= 0.6 is 0 Å². The maximum absolute atomic E-state index is 2.50. The zero-order valence-electron chi connectivity index (χ0n) is 31.4. The highest BCUT2D eigenvalue weighted by Crippen LogP contribution is 2.43. The van der Waals surface area contributed by atoms with Crippen molar-refractivity contribution in [3.05, 3.63) is 206 Å². The number of aromatic nitrogens is 4. The van der Waals surface area contributed by atoms with Crippen molar-refractivity contribution >= 4 is 87.2 Å². The molecule has 58 heavy (non-hydrogen) atoms. The summed E-state index contributed by atoms with van der Waals surface area (Å²) in [5.41, 5.74) is 14.1. The molecule has 9 aromatic carbocycles. The van der Waals surface area contributed by atoms with Crippen LogP contribution in [0.3, 0.4) is 0 Å². The maximum Gasteiger partial charge on any atom is 0.0641 e. The van der Waals surface area contributed by atoms with Crippen LogP contribution in [0.25, 0.3) is 110 Å². The Morgan fingerprint density at radius 3 is 1.21 bits per heavy atom. The molecule has 0 saturated heterocycles. The molecule has 0 radical (unpaired) electrons. The van der Waals surface area contributed by atoms with Gasteiger partial charge in [0, 0.05) is 65.8 Å². The summed E-state index contributed by atoms with van der Waals surface area (Å²) in [6.45, 7) is 0. The van der Waals surface area contributed by atoms with Gasteiger partial charge in [0.1, 0.15) is 0 Å². The van der Waals surface area contributed by atoms with Crippen LogP contribution in [0.15, 0.2) is 206 Å². The van der Waals surface area contributed by atoms with E-state index >= 15 is 0 Å². The Kier molecular flexibility index (Phi) is 6.41. The lowest BCUT2D eigenvalue weighted by molar-refractivity contribution is 1.13. The van der Waals surface area contributed by atoms with Crippen molar-refractivity contribution in [3.8, 4) is 22.7 Å². The van der Waals surface area contributed by atoms with Crippen LogP contribution in [0.2, 0.25) is 0 Å². The molecular formula is C54H34N4. The molecule has 0 amide bonds. The van der Waals surface area contributed by atoms with Gasteiger partial charge in [-0.3, -0.25) is 0 Å². The smallest absolute Gasteiger partial charge is 0.0641 e. The summed E-state index contributed by atoms with van der Waals surface area (Å²) in [6.07, 6.45) is 0. The van der Waals surface area contributed by atoms with Crippen molar-refractivity contribution in [1.82, 2.24) is 18.3 Å². The average molecular weight is 739 g/mol. The largest absolute Gasteiger partial charge is 0.309 e. The molecule has 4 heteroatoms. The molecule has 270 valence electrons. The van der Waals surface area contributed by atoms with Crippen molar-refractivity contribution in [1.29, 1.82) is 0 Å². The average Bonchev–Trinajstić information content (AvgIpc) is 4.01. The Bertz CT molecular complexity index is 3780. The molecule has 0 aliphatic carbocycles. The van der Waals surface area contributed by atoms with Crippen LogP contribution < -0.4 is 0 Å². The lowest BCUT2D eigenvalue weighted by atomic mass is 10.1. The zero-order chi connectivity index (χ0) is 37.9. The third kappa shape index (κ3) is 4.23. The van der Waals surface area contributed by atoms with Crippen molar-refractivity contribution in [2.75, 3.05) is 0 Å². The molecule has 0 spiro atoms. The molecule has 4 aromatic heterocycles. The molecule has 0 bridgehead atoms. The quantitative estimate of drug-likeness (QED) is 0.171. The van der Waals surface area contributed by atoms with E-state index < -0.39 is 0 Å². The second kappa shape index (κ2) is 11.8. The molecule has 4 nitrogen and oxygen atoms in total. The van der Waals surface area contributed by atoms with E-state index in [9.17, 15) is 0 Å².